The summed E-state index contributed by atoms with van der Waals surface area (Å²) in [4.78, 5) is 23.7. The van der Waals surface area contributed by atoms with Crippen LogP contribution in [0.5, 0.6) is 0 Å². The summed E-state index contributed by atoms with van der Waals surface area (Å²) < 4.78 is 41.8. The van der Waals surface area contributed by atoms with Crippen LogP contribution in [0.3, 0.4) is 0 Å². The maximum Gasteiger partial charge on any atom is 0.406 e. The van der Waals surface area contributed by atoms with Gasteiger partial charge in [0.05, 0.1) is 12.6 Å². The number of carbonyl (C=O) groups excluding carboxylic acids is 2. The number of nitrogens with zero attached hydrogens (tertiary/aromatic N) is 1. The Morgan fingerprint density at radius 3 is 2.43 bits per heavy atom. The third-order valence-electron chi connectivity index (χ3n) is 3.14. The van der Waals surface area contributed by atoms with E-state index in [2.05, 4.69) is 10.6 Å². The number of furan rings is 1. The van der Waals surface area contributed by atoms with E-state index in [1.54, 1.807) is 26.8 Å². The fourth-order valence-corrected chi connectivity index (χ4v) is 2.05. The summed E-state index contributed by atoms with van der Waals surface area (Å²) in [6, 6.07) is 0.766. The number of aryl methyl sites for hydroxylation is 2. The van der Waals surface area contributed by atoms with Crippen LogP contribution < -0.4 is 10.6 Å². The lowest BCUT2D eigenvalue weighted by molar-refractivity contribution is -0.157. The molecular formula is C14H20F3N3O3. The quantitative estimate of drug-likeness (QED) is 0.867. The Bertz CT molecular complexity index is 569. The molecule has 1 heterocycles. The first kappa shape index (κ1) is 18.9. The average Bonchev–Trinajstić information content (AvgIpc) is 2.73. The van der Waals surface area contributed by atoms with Crippen molar-refractivity contribution in [1.82, 2.24) is 15.5 Å². The number of carbonyl (C=O) groups is 2. The molecule has 1 atom stereocenters. The molecule has 0 aliphatic heterocycles. The second kappa shape index (κ2) is 7.38. The van der Waals surface area contributed by atoms with Gasteiger partial charge in [0, 0.05) is 12.6 Å². The Morgan fingerprint density at radius 1 is 1.35 bits per heavy atom. The van der Waals surface area contributed by atoms with E-state index in [-0.39, 0.29) is 6.04 Å². The lowest BCUT2D eigenvalue weighted by Crippen LogP contribution is -2.45. The molecule has 1 aromatic heterocycles. The summed E-state index contributed by atoms with van der Waals surface area (Å²) in [5.41, 5.74) is 0.790. The van der Waals surface area contributed by atoms with E-state index in [1.807, 2.05) is 0 Å². The lowest BCUT2D eigenvalue weighted by atomic mass is 10.1. The van der Waals surface area contributed by atoms with Gasteiger partial charge in [0.15, 0.2) is 0 Å². The van der Waals surface area contributed by atoms with E-state index in [4.69, 9.17) is 4.42 Å². The molecule has 130 valence electrons. The van der Waals surface area contributed by atoms with Gasteiger partial charge >= 0.3 is 12.2 Å². The third kappa shape index (κ3) is 6.21. The molecule has 23 heavy (non-hydrogen) atoms. The fourth-order valence-electron chi connectivity index (χ4n) is 2.05. The maximum absolute atomic E-state index is 12.2. The molecule has 1 rings (SSSR count). The van der Waals surface area contributed by atoms with Crippen LogP contribution in [0.25, 0.3) is 0 Å². The Labute approximate surface area is 132 Å². The first-order valence-corrected chi connectivity index (χ1v) is 6.91. The highest BCUT2D eigenvalue weighted by Crippen LogP contribution is 2.20. The molecule has 0 aliphatic rings. The highest BCUT2D eigenvalue weighted by molar-refractivity contribution is 5.84. The van der Waals surface area contributed by atoms with E-state index < -0.39 is 31.2 Å². The Hall–Kier alpha value is -2.19. The van der Waals surface area contributed by atoms with E-state index in [1.165, 1.54) is 0 Å². The maximum atomic E-state index is 12.2. The van der Waals surface area contributed by atoms with Gasteiger partial charge in [-0.25, -0.2) is 4.79 Å². The number of alkyl halides is 3. The van der Waals surface area contributed by atoms with Crippen LogP contribution >= 0.6 is 0 Å². The van der Waals surface area contributed by atoms with Crippen molar-refractivity contribution in [2.45, 2.75) is 33.0 Å². The number of nitrogens with one attached hydrogen (secondary N) is 2. The summed E-state index contributed by atoms with van der Waals surface area (Å²) in [5, 5.41) is 4.83. The van der Waals surface area contributed by atoms with Crippen LogP contribution in [-0.4, -0.2) is 43.2 Å². The predicted molar refractivity (Wildman–Crippen MR) is 76.8 cm³/mol. The van der Waals surface area contributed by atoms with Crippen molar-refractivity contribution in [3.63, 3.8) is 0 Å². The fraction of sp³-hybridized carbons (Fsp3) is 0.571. The summed E-state index contributed by atoms with van der Waals surface area (Å²) in [7, 11) is 1.02. The van der Waals surface area contributed by atoms with E-state index in [0.717, 1.165) is 12.6 Å². The number of rotatable bonds is 5. The van der Waals surface area contributed by atoms with Crippen molar-refractivity contribution >= 4 is 11.9 Å². The van der Waals surface area contributed by atoms with E-state index in [0.29, 0.717) is 16.4 Å². The van der Waals surface area contributed by atoms with Crippen LogP contribution in [0, 0.1) is 13.8 Å². The molecule has 1 aromatic rings. The molecule has 0 spiro atoms. The first-order valence-electron chi connectivity index (χ1n) is 6.91. The molecule has 2 N–H and O–H groups in total. The predicted octanol–water partition coefficient (Wildman–Crippen LogP) is 2.28. The van der Waals surface area contributed by atoms with Gasteiger partial charge in [0.2, 0.25) is 5.91 Å². The van der Waals surface area contributed by atoms with Crippen LogP contribution in [0.2, 0.25) is 0 Å². The zero-order valence-electron chi connectivity index (χ0n) is 13.4. The highest BCUT2D eigenvalue weighted by atomic mass is 19.4. The minimum Gasteiger partial charge on any atom is -0.466 e. The van der Waals surface area contributed by atoms with Gasteiger partial charge in [-0.15, -0.1) is 0 Å². The molecule has 0 aliphatic carbocycles. The van der Waals surface area contributed by atoms with Crippen molar-refractivity contribution in [2.75, 3.05) is 20.1 Å². The Balaban J connectivity index is 2.45. The first-order chi connectivity index (χ1) is 10.5. The second-order valence-electron chi connectivity index (χ2n) is 5.28. The van der Waals surface area contributed by atoms with Crippen LogP contribution in [-0.2, 0) is 4.79 Å². The van der Waals surface area contributed by atoms with Gasteiger partial charge in [0.25, 0.3) is 0 Å². The molecular weight excluding hydrogens is 315 g/mol. The lowest BCUT2D eigenvalue weighted by Gasteiger charge is -2.19. The van der Waals surface area contributed by atoms with Gasteiger partial charge in [-0.2, -0.15) is 13.2 Å². The van der Waals surface area contributed by atoms with E-state index >= 15 is 0 Å². The van der Waals surface area contributed by atoms with Crippen molar-refractivity contribution in [3.05, 3.63) is 23.2 Å². The summed E-state index contributed by atoms with van der Waals surface area (Å²) >= 11 is 0. The number of amides is 3. The highest BCUT2D eigenvalue weighted by Gasteiger charge is 2.31. The van der Waals surface area contributed by atoms with Crippen LogP contribution in [0.15, 0.2) is 10.5 Å². The van der Waals surface area contributed by atoms with Gasteiger partial charge in [-0.05, 0) is 26.8 Å². The second-order valence-corrected chi connectivity index (χ2v) is 5.28. The molecule has 9 heteroatoms. The summed E-state index contributed by atoms with van der Waals surface area (Å²) in [6.07, 6.45) is -4.47. The largest absolute Gasteiger partial charge is 0.466 e. The minimum absolute atomic E-state index is 0.365. The molecule has 0 saturated carbocycles. The van der Waals surface area contributed by atoms with Crippen molar-refractivity contribution in [1.29, 1.82) is 0 Å². The van der Waals surface area contributed by atoms with Gasteiger partial charge in [0.1, 0.15) is 18.1 Å². The van der Waals surface area contributed by atoms with Crippen molar-refractivity contribution < 1.29 is 27.2 Å². The molecule has 0 radical (unpaired) electrons. The number of halogens is 3. The smallest absolute Gasteiger partial charge is 0.406 e. The van der Waals surface area contributed by atoms with Crippen LogP contribution in [0.4, 0.5) is 18.0 Å². The van der Waals surface area contributed by atoms with Crippen molar-refractivity contribution in [3.8, 4) is 0 Å². The average molecular weight is 335 g/mol. The zero-order chi connectivity index (χ0) is 17.8. The topological polar surface area (TPSA) is 74.6 Å². The molecule has 3 amide bonds. The number of hydrogen-bond acceptors (Lipinski definition) is 3. The summed E-state index contributed by atoms with van der Waals surface area (Å²) in [6.45, 7) is 3.38. The minimum atomic E-state index is -4.47. The molecule has 0 aromatic carbocycles. The van der Waals surface area contributed by atoms with Gasteiger partial charge in [-0.3, -0.25) is 4.79 Å². The molecule has 1 unspecified atom stereocenters. The third-order valence-corrected chi connectivity index (χ3v) is 3.14. The molecule has 0 fully saturated rings. The molecule has 0 saturated heterocycles. The number of hydrogen-bond donors (Lipinski definition) is 2. The number of likely N-dealkylation sites (N-methyl/N-ethyl adjacent to an activating group) is 1. The Morgan fingerprint density at radius 2 is 1.96 bits per heavy atom. The molecule has 0 bridgehead atoms. The number of urea groups is 1. The summed E-state index contributed by atoms with van der Waals surface area (Å²) in [5.74, 6) is 0.535. The van der Waals surface area contributed by atoms with Gasteiger partial charge in [-0.1, -0.05) is 0 Å². The van der Waals surface area contributed by atoms with Crippen LogP contribution in [0.1, 0.15) is 30.0 Å². The monoisotopic (exact) mass is 335 g/mol. The zero-order valence-corrected chi connectivity index (χ0v) is 13.4. The standard InChI is InChI=1S/C14H20F3N3O3/c1-8-5-11(10(3)23-8)9(2)19-13(22)18-6-12(21)20(4)7-14(15,16)17/h5,9H,6-7H2,1-4H3,(H2,18,19,22). The van der Waals surface area contributed by atoms with Gasteiger partial charge < -0.3 is 20.0 Å². The normalized spacial score (nSPS) is 12.7. The molecule has 6 nitrogen and oxygen atoms in total. The van der Waals surface area contributed by atoms with E-state index in [9.17, 15) is 22.8 Å². The SMILES string of the molecule is Cc1cc(C(C)NC(=O)NCC(=O)N(C)CC(F)(F)F)c(C)o1. The Kier molecular flexibility index (Phi) is 6.05. The van der Waals surface area contributed by atoms with Crippen molar-refractivity contribution in [2.24, 2.45) is 0 Å².